The van der Waals surface area contributed by atoms with Crippen molar-refractivity contribution in [3.8, 4) is 0 Å². The average molecular weight is 255 g/mol. The third-order valence-corrected chi connectivity index (χ3v) is 2.19. The van der Waals surface area contributed by atoms with Crippen LogP contribution in [0.5, 0.6) is 0 Å². The molecule has 0 aliphatic heterocycles. The van der Waals surface area contributed by atoms with Gasteiger partial charge in [-0.1, -0.05) is 0 Å². The summed E-state index contributed by atoms with van der Waals surface area (Å²) in [6.45, 7) is -0.383. The van der Waals surface area contributed by atoms with Crippen LogP contribution >= 0.6 is 0 Å². The minimum atomic E-state index is -0.800. The molecule has 1 aromatic rings. The zero-order valence-electron chi connectivity index (χ0n) is 9.03. The van der Waals surface area contributed by atoms with Gasteiger partial charge in [0.15, 0.2) is 0 Å². The topological polar surface area (TPSA) is 136 Å². The fourth-order valence-corrected chi connectivity index (χ4v) is 1.48. The normalized spacial score (nSPS) is 9.83. The lowest BCUT2D eigenvalue weighted by Gasteiger charge is -2.07. The van der Waals surface area contributed by atoms with E-state index in [1.165, 1.54) is 0 Å². The van der Waals surface area contributed by atoms with Crippen molar-refractivity contribution in [3.63, 3.8) is 0 Å². The number of non-ortho nitro benzene ring substituents is 1. The summed E-state index contributed by atoms with van der Waals surface area (Å²) in [6.07, 6.45) is 0.161. The van der Waals surface area contributed by atoms with Gasteiger partial charge < -0.3 is 10.4 Å². The Labute approximate surface area is 100 Å². The molecule has 0 spiro atoms. The van der Waals surface area contributed by atoms with Crippen molar-refractivity contribution in [2.45, 2.75) is 6.42 Å². The maximum atomic E-state index is 10.8. The van der Waals surface area contributed by atoms with E-state index in [9.17, 15) is 25.0 Å². The zero-order chi connectivity index (χ0) is 13.7. The smallest absolute Gasteiger partial charge is 0.281 e. The highest BCUT2D eigenvalue weighted by Gasteiger charge is 2.23. The van der Waals surface area contributed by atoms with Crippen molar-refractivity contribution in [2.24, 2.45) is 0 Å². The molecule has 1 amide bonds. The van der Waals surface area contributed by atoms with E-state index in [0.717, 1.165) is 12.1 Å². The largest absolute Gasteiger partial charge is 0.396 e. The highest BCUT2D eigenvalue weighted by molar-refractivity contribution is 5.78. The first-order valence-corrected chi connectivity index (χ1v) is 4.78. The summed E-state index contributed by atoms with van der Waals surface area (Å²) in [7, 11) is 0. The molecule has 0 unspecified atom stereocenters. The number of nitrogens with one attached hydrogen (secondary N) is 1. The second-order valence-electron chi connectivity index (χ2n) is 3.24. The van der Waals surface area contributed by atoms with Crippen molar-refractivity contribution in [1.29, 1.82) is 0 Å². The molecule has 0 saturated carbocycles. The molecule has 0 fully saturated rings. The molecule has 2 N–H and O–H groups in total. The Kier molecular flexibility index (Phi) is 4.27. The highest BCUT2D eigenvalue weighted by atomic mass is 16.6. The van der Waals surface area contributed by atoms with Gasteiger partial charge in [-0.3, -0.25) is 25.0 Å². The summed E-state index contributed by atoms with van der Waals surface area (Å²) in [6, 6.07) is 1.80. The number of amides is 1. The molecule has 96 valence electrons. The van der Waals surface area contributed by atoms with Crippen LogP contribution in [-0.2, 0) is 11.2 Å². The minimum Gasteiger partial charge on any atom is -0.396 e. The molecule has 0 aromatic heterocycles. The Morgan fingerprint density at radius 2 is 1.94 bits per heavy atom. The number of hydrogen-bond acceptors (Lipinski definition) is 6. The Balaban J connectivity index is 3.48. The van der Waals surface area contributed by atoms with E-state index in [-0.39, 0.29) is 30.7 Å². The Bertz CT molecular complexity index is 501. The van der Waals surface area contributed by atoms with Gasteiger partial charge >= 0.3 is 0 Å². The summed E-state index contributed by atoms with van der Waals surface area (Å²) in [5, 5.41) is 32.4. The second kappa shape index (κ2) is 5.68. The van der Waals surface area contributed by atoms with E-state index >= 15 is 0 Å². The van der Waals surface area contributed by atoms with Crippen molar-refractivity contribution >= 4 is 23.5 Å². The van der Waals surface area contributed by atoms with E-state index in [1.807, 2.05) is 0 Å². The molecule has 9 nitrogen and oxygen atoms in total. The van der Waals surface area contributed by atoms with E-state index < -0.39 is 21.2 Å². The molecular weight excluding hydrogens is 246 g/mol. The van der Waals surface area contributed by atoms with E-state index in [4.69, 9.17) is 5.11 Å². The van der Waals surface area contributed by atoms with Crippen LogP contribution in [0.3, 0.4) is 0 Å². The molecule has 0 atom stereocenters. The number of aliphatic hydroxyl groups is 1. The third kappa shape index (κ3) is 2.77. The molecule has 0 radical (unpaired) electrons. The monoisotopic (exact) mass is 255 g/mol. The van der Waals surface area contributed by atoms with Crippen LogP contribution < -0.4 is 5.32 Å². The van der Waals surface area contributed by atoms with Crippen molar-refractivity contribution < 1.29 is 19.7 Å². The number of anilines is 1. The zero-order valence-corrected chi connectivity index (χ0v) is 9.03. The molecule has 0 aliphatic carbocycles. The molecule has 9 heteroatoms. The maximum Gasteiger partial charge on any atom is 0.281 e. The van der Waals surface area contributed by atoms with Gasteiger partial charge in [-0.2, -0.15) is 0 Å². The quantitative estimate of drug-likeness (QED) is 0.434. The lowest BCUT2D eigenvalue weighted by molar-refractivity contribution is -0.394. The summed E-state index contributed by atoms with van der Waals surface area (Å²) < 4.78 is 0. The number of nitro benzene ring substituents is 2. The van der Waals surface area contributed by atoms with Crippen LogP contribution in [0.25, 0.3) is 0 Å². The fourth-order valence-electron chi connectivity index (χ4n) is 1.48. The lowest BCUT2D eigenvalue weighted by atomic mass is 10.1. The summed E-state index contributed by atoms with van der Waals surface area (Å²) in [5.41, 5.74) is -1.03. The number of aliphatic hydroxyl groups excluding tert-OH is 1. The number of carbonyl (C=O) groups is 1. The van der Waals surface area contributed by atoms with Crippen LogP contribution in [0.4, 0.5) is 17.1 Å². The Morgan fingerprint density at radius 3 is 2.39 bits per heavy atom. The number of nitrogens with zero attached hydrogens (tertiary/aromatic N) is 2. The molecule has 0 heterocycles. The molecule has 1 rings (SSSR count). The van der Waals surface area contributed by atoms with E-state index in [1.54, 1.807) is 0 Å². The number of benzene rings is 1. The first kappa shape index (κ1) is 13.5. The number of hydrogen-bond donors (Lipinski definition) is 2. The minimum absolute atomic E-state index is 0.0419. The van der Waals surface area contributed by atoms with Gasteiger partial charge in [0.2, 0.25) is 6.41 Å². The standard InChI is InChI=1S/C9H9N3O6/c13-2-1-7-8(10-5-14)3-6(11(15)16)4-9(7)12(17)18/h3-5,13H,1-2H2,(H,10,14). The van der Waals surface area contributed by atoms with Crippen LogP contribution in [0, 0.1) is 20.2 Å². The van der Waals surface area contributed by atoms with Crippen molar-refractivity contribution in [3.05, 3.63) is 37.9 Å². The van der Waals surface area contributed by atoms with Crippen molar-refractivity contribution in [2.75, 3.05) is 11.9 Å². The SMILES string of the molecule is O=CNc1cc([N+](=O)[O-])cc([N+](=O)[O-])c1CCO. The Hall–Kier alpha value is -2.55. The van der Waals surface area contributed by atoms with Gasteiger partial charge in [-0.25, -0.2) is 0 Å². The number of carbonyl (C=O) groups excluding carboxylic acids is 1. The summed E-state index contributed by atoms with van der Waals surface area (Å²) >= 11 is 0. The van der Waals surface area contributed by atoms with E-state index in [2.05, 4.69) is 5.32 Å². The molecule has 18 heavy (non-hydrogen) atoms. The van der Waals surface area contributed by atoms with Crippen LogP contribution in [0.15, 0.2) is 12.1 Å². The second-order valence-corrected chi connectivity index (χ2v) is 3.24. The predicted molar refractivity (Wildman–Crippen MR) is 60.2 cm³/mol. The predicted octanol–water partition coefficient (Wildman–Crippen LogP) is 0.606. The van der Waals surface area contributed by atoms with Crippen LogP contribution in [-0.4, -0.2) is 28.0 Å². The fraction of sp³-hybridized carbons (Fsp3) is 0.222. The number of rotatable bonds is 6. The van der Waals surface area contributed by atoms with Gasteiger partial charge in [0.25, 0.3) is 11.4 Å². The van der Waals surface area contributed by atoms with Gasteiger partial charge in [0.1, 0.15) is 0 Å². The van der Waals surface area contributed by atoms with Crippen LogP contribution in [0.1, 0.15) is 5.56 Å². The molecule has 1 aromatic carbocycles. The molecule has 0 aliphatic rings. The number of nitro groups is 2. The lowest BCUT2D eigenvalue weighted by Crippen LogP contribution is -2.06. The third-order valence-electron chi connectivity index (χ3n) is 2.19. The maximum absolute atomic E-state index is 10.8. The van der Waals surface area contributed by atoms with Gasteiger partial charge in [0, 0.05) is 19.1 Å². The van der Waals surface area contributed by atoms with Crippen molar-refractivity contribution in [1.82, 2.24) is 0 Å². The highest BCUT2D eigenvalue weighted by Crippen LogP contribution is 2.32. The Morgan fingerprint density at radius 1 is 1.28 bits per heavy atom. The molecule has 0 bridgehead atoms. The van der Waals surface area contributed by atoms with Gasteiger partial charge in [0.05, 0.1) is 27.2 Å². The molecule has 0 saturated heterocycles. The van der Waals surface area contributed by atoms with Gasteiger partial charge in [-0.15, -0.1) is 0 Å². The summed E-state index contributed by atoms with van der Waals surface area (Å²) in [5.74, 6) is 0. The summed E-state index contributed by atoms with van der Waals surface area (Å²) in [4.78, 5) is 30.2. The average Bonchev–Trinajstić information content (AvgIpc) is 2.30. The first-order chi connectivity index (χ1) is 8.51. The van der Waals surface area contributed by atoms with Crippen LogP contribution in [0.2, 0.25) is 0 Å². The molecular formula is C9H9N3O6. The van der Waals surface area contributed by atoms with Gasteiger partial charge in [-0.05, 0) is 0 Å². The van der Waals surface area contributed by atoms with E-state index in [0.29, 0.717) is 0 Å². The first-order valence-electron chi connectivity index (χ1n) is 4.78.